The molecule has 19 heavy (non-hydrogen) atoms. The molecule has 0 aliphatic carbocycles. The van der Waals surface area contributed by atoms with Gasteiger partial charge in [-0.2, -0.15) is 13.2 Å². The molecule has 1 aromatic carbocycles. The van der Waals surface area contributed by atoms with Gasteiger partial charge in [-0.15, -0.1) is 0 Å². The van der Waals surface area contributed by atoms with Crippen LogP contribution in [0.1, 0.15) is 37.3 Å². The van der Waals surface area contributed by atoms with Crippen molar-refractivity contribution >= 4 is 21.6 Å². The molecule has 1 unspecified atom stereocenters. The zero-order chi connectivity index (χ0) is 14.0. The molecule has 1 atom stereocenters. The molecule has 0 aromatic heterocycles. The first-order valence-corrected chi connectivity index (χ1v) is 7.62. The van der Waals surface area contributed by atoms with Gasteiger partial charge in [0.2, 0.25) is 0 Å². The van der Waals surface area contributed by atoms with E-state index < -0.39 is 11.7 Å². The smallest absolute Gasteiger partial charge is 0.368 e. The van der Waals surface area contributed by atoms with Crippen LogP contribution in [0.3, 0.4) is 0 Å². The van der Waals surface area contributed by atoms with Gasteiger partial charge in [-0.05, 0) is 37.0 Å². The van der Waals surface area contributed by atoms with Gasteiger partial charge in [0.25, 0.3) is 0 Å². The lowest BCUT2D eigenvalue weighted by atomic mass is 10.1. The number of hydrogen-bond donors (Lipinski definition) is 0. The summed E-state index contributed by atoms with van der Waals surface area (Å²) in [5, 5.41) is 0.438. The predicted molar refractivity (Wildman–Crippen MR) is 74.7 cm³/mol. The number of hydrogen-bond acceptors (Lipinski definition) is 1. The van der Waals surface area contributed by atoms with Gasteiger partial charge in [-0.3, -0.25) is 0 Å². The van der Waals surface area contributed by atoms with Gasteiger partial charge in [0.05, 0.1) is 5.56 Å². The summed E-state index contributed by atoms with van der Waals surface area (Å²) in [5.41, 5.74) is 0.481. The van der Waals surface area contributed by atoms with Gasteiger partial charge in [0, 0.05) is 23.6 Å². The molecule has 1 aliphatic heterocycles. The second kappa shape index (κ2) is 5.73. The zero-order valence-corrected chi connectivity index (χ0v) is 12.4. The van der Waals surface area contributed by atoms with Gasteiger partial charge >= 0.3 is 6.18 Å². The molecule has 2 rings (SSSR count). The van der Waals surface area contributed by atoms with Crippen LogP contribution < -0.4 is 4.90 Å². The summed E-state index contributed by atoms with van der Waals surface area (Å²) in [5.74, 6) is 0. The van der Waals surface area contributed by atoms with E-state index in [1.165, 1.54) is 6.07 Å². The normalized spacial score (nSPS) is 20.1. The Hall–Kier alpha value is -0.710. The van der Waals surface area contributed by atoms with E-state index in [4.69, 9.17) is 0 Å². The second-order valence-electron chi connectivity index (χ2n) is 4.88. The standard InChI is InChI=1S/C14H17BrF3N/c1-2-11-4-3-7-19(11)13-6-5-10(9-15)8-12(13)14(16,17)18/h5-6,8,11H,2-4,7,9H2,1H3. The van der Waals surface area contributed by atoms with Gasteiger partial charge in [0.1, 0.15) is 0 Å². The molecule has 5 heteroatoms. The van der Waals surface area contributed by atoms with Crippen molar-refractivity contribution in [3.05, 3.63) is 29.3 Å². The number of alkyl halides is 4. The van der Waals surface area contributed by atoms with Crippen molar-refractivity contribution in [1.29, 1.82) is 0 Å². The Labute approximate surface area is 119 Å². The lowest BCUT2D eigenvalue weighted by Crippen LogP contribution is -2.30. The third-order valence-corrected chi connectivity index (χ3v) is 4.33. The number of rotatable bonds is 3. The highest BCUT2D eigenvalue weighted by Gasteiger charge is 2.37. The summed E-state index contributed by atoms with van der Waals surface area (Å²) in [6, 6.07) is 4.88. The van der Waals surface area contributed by atoms with Crippen LogP contribution in [0.4, 0.5) is 18.9 Å². The third-order valence-electron chi connectivity index (χ3n) is 3.68. The molecular formula is C14H17BrF3N. The summed E-state index contributed by atoms with van der Waals surface area (Å²) in [6.07, 6.45) is -1.46. The largest absolute Gasteiger partial charge is 0.418 e. The average Bonchev–Trinajstić information content (AvgIpc) is 2.85. The van der Waals surface area contributed by atoms with Crippen molar-refractivity contribution < 1.29 is 13.2 Å². The van der Waals surface area contributed by atoms with Crippen molar-refractivity contribution in [3.8, 4) is 0 Å². The lowest BCUT2D eigenvalue weighted by Gasteiger charge is -2.29. The van der Waals surface area contributed by atoms with Crippen molar-refractivity contribution in [2.45, 2.75) is 43.7 Å². The maximum absolute atomic E-state index is 13.2. The minimum Gasteiger partial charge on any atom is -0.368 e. The van der Waals surface area contributed by atoms with Gasteiger partial charge in [-0.1, -0.05) is 28.9 Å². The van der Waals surface area contributed by atoms with Crippen molar-refractivity contribution in [2.75, 3.05) is 11.4 Å². The molecule has 0 spiro atoms. The molecule has 1 heterocycles. The van der Waals surface area contributed by atoms with E-state index in [0.717, 1.165) is 25.8 Å². The fourth-order valence-corrected chi connectivity index (χ4v) is 3.07. The van der Waals surface area contributed by atoms with E-state index in [1.54, 1.807) is 12.1 Å². The molecule has 1 aromatic rings. The monoisotopic (exact) mass is 335 g/mol. The van der Waals surface area contributed by atoms with Crippen LogP contribution >= 0.6 is 15.9 Å². The topological polar surface area (TPSA) is 3.24 Å². The van der Waals surface area contributed by atoms with Gasteiger partial charge in [0.15, 0.2) is 0 Å². The van der Waals surface area contributed by atoms with E-state index >= 15 is 0 Å². The van der Waals surface area contributed by atoms with Crippen molar-refractivity contribution in [3.63, 3.8) is 0 Å². The number of nitrogens with zero attached hydrogens (tertiary/aromatic N) is 1. The molecule has 1 saturated heterocycles. The van der Waals surface area contributed by atoms with Crippen LogP contribution in [0, 0.1) is 0 Å². The summed E-state index contributed by atoms with van der Waals surface area (Å²) >= 11 is 3.21. The van der Waals surface area contributed by atoms with E-state index in [1.807, 2.05) is 11.8 Å². The molecule has 1 fully saturated rings. The Morgan fingerprint density at radius 2 is 2.11 bits per heavy atom. The summed E-state index contributed by atoms with van der Waals surface area (Å²) < 4.78 is 39.6. The van der Waals surface area contributed by atoms with Crippen LogP contribution in [-0.4, -0.2) is 12.6 Å². The fraction of sp³-hybridized carbons (Fsp3) is 0.571. The predicted octanol–water partition coefficient (Wildman–Crippen LogP) is 4.98. The average molecular weight is 336 g/mol. The molecule has 106 valence electrons. The Kier molecular flexibility index (Phi) is 4.43. The van der Waals surface area contributed by atoms with E-state index in [9.17, 15) is 13.2 Å². The Morgan fingerprint density at radius 1 is 1.37 bits per heavy atom. The molecule has 0 radical (unpaired) electrons. The van der Waals surface area contributed by atoms with E-state index in [-0.39, 0.29) is 6.04 Å². The van der Waals surface area contributed by atoms with Crippen LogP contribution in [0.25, 0.3) is 0 Å². The Morgan fingerprint density at radius 3 is 2.68 bits per heavy atom. The van der Waals surface area contributed by atoms with Crippen LogP contribution in [0.2, 0.25) is 0 Å². The number of benzene rings is 1. The molecule has 0 bridgehead atoms. The second-order valence-corrected chi connectivity index (χ2v) is 5.44. The maximum atomic E-state index is 13.2. The highest BCUT2D eigenvalue weighted by molar-refractivity contribution is 9.08. The van der Waals surface area contributed by atoms with Crippen LogP contribution in [0.5, 0.6) is 0 Å². The fourth-order valence-electron chi connectivity index (χ4n) is 2.72. The lowest BCUT2D eigenvalue weighted by molar-refractivity contribution is -0.137. The quantitative estimate of drug-likeness (QED) is 0.704. The SMILES string of the molecule is CCC1CCCN1c1ccc(CBr)cc1C(F)(F)F. The molecule has 1 nitrogen and oxygen atoms in total. The van der Waals surface area contributed by atoms with Gasteiger partial charge < -0.3 is 4.90 Å². The minimum atomic E-state index is -4.30. The molecule has 0 saturated carbocycles. The van der Waals surface area contributed by atoms with Crippen molar-refractivity contribution in [2.24, 2.45) is 0 Å². The summed E-state index contributed by atoms with van der Waals surface area (Å²) in [4.78, 5) is 1.92. The number of halogens is 4. The Bertz CT molecular complexity index is 445. The van der Waals surface area contributed by atoms with Crippen LogP contribution in [0.15, 0.2) is 18.2 Å². The minimum absolute atomic E-state index is 0.232. The number of anilines is 1. The third kappa shape index (κ3) is 3.07. The molecular weight excluding hydrogens is 319 g/mol. The summed E-state index contributed by atoms with van der Waals surface area (Å²) in [7, 11) is 0. The first-order valence-electron chi connectivity index (χ1n) is 6.50. The molecule has 0 N–H and O–H groups in total. The highest BCUT2D eigenvalue weighted by atomic mass is 79.9. The van der Waals surface area contributed by atoms with Crippen LogP contribution in [-0.2, 0) is 11.5 Å². The van der Waals surface area contributed by atoms with E-state index in [0.29, 0.717) is 16.6 Å². The first kappa shape index (κ1) is 14.7. The maximum Gasteiger partial charge on any atom is 0.418 e. The van der Waals surface area contributed by atoms with Gasteiger partial charge in [-0.25, -0.2) is 0 Å². The molecule has 1 aliphatic rings. The zero-order valence-electron chi connectivity index (χ0n) is 10.8. The first-order chi connectivity index (χ1) is 8.97. The van der Waals surface area contributed by atoms with Crippen molar-refractivity contribution in [1.82, 2.24) is 0 Å². The summed E-state index contributed by atoms with van der Waals surface area (Å²) in [6.45, 7) is 2.75. The van der Waals surface area contributed by atoms with E-state index in [2.05, 4.69) is 15.9 Å². The molecule has 0 amide bonds. The Balaban J connectivity index is 2.44. The highest BCUT2D eigenvalue weighted by Crippen LogP contribution is 2.40.